The summed E-state index contributed by atoms with van der Waals surface area (Å²) in [5.41, 5.74) is 0. The van der Waals surface area contributed by atoms with E-state index in [9.17, 15) is 0 Å². The highest BCUT2D eigenvalue weighted by Crippen LogP contribution is 1.85. The Bertz CT molecular complexity index is 20.5. The van der Waals surface area contributed by atoms with Crippen LogP contribution in [0, 0.1) is 0 Å². The van der Waals surface area contributed by atoms with Crippen LogP contribution in [0.4, 0.5) is 0 Å². The highest BCUT2D eigenvalue weighted by molar-refractivity contribution is 7.97. The second-order valence-electron chi connectivity index (χ2n) is 1.49. The number of hydrogen-bond acceptors (Lipinski definition) is 2. The molecule has 0 saturated heterocycles. The molecule has 0 N–H and O–H groups in total. The Labute approximate surface area is 62.8 Å². The monoisotopic (exact) mass is 152 g/mol. The topological polar surface area (TPSA) is 0 Å². The summed E-state index contributed by atoms with van der Waals surface area (Å²) < 4.78 is 0. The molecule has 0 radical (unpaired) electrons. The van der Waals surface area contributed by atoms with Crippen molar-refractivity contribution in [2.24, 2.45) is 0 Å². The molecule has 0 aliphatic rings. The van der Waals surface area contributed by atoms with E-state index in [2.05, 4.69) is 19.6 Å². The van der Waals surface area contributed by atoms with E-state index in [-0.39, 0.29) is 0 Å². The summed E-state index contributed by atoms with van der Waals surface area (Å²) in [6, 6.07) is 0. The number of unbranched alkanes of at least 4 members (excludes halogenated alkanes) is 1. The van der Waals surface area contributed by atoms with Gasteiger partial charge in [-0.25, -0.2) is 0 Å². The molecular formula is C6H16S2. The summed E-state index contributed by atoms with van der Waals surface area (Å²) in [6.45, 7) is 2.16. The molecule has 0 amide bonds. The molecule has 0 bridgehead atoms. The zero-order valence-corrected chi connectivity index (χ0v) is 7.69. The van der Waals surface area contributed by atoms with Crippen molar-refractivity contribution in [3.63, 3.8) is 0 Å². The zero-order chi connectivity index (χ0) is 6.83. The number of hydrogen-bond donors (Lipinski definition) is 1. The van der Waals surface area contributed by atoms with Crippen molar-refractivity contribution in [3.8, 4) is 0 Å². The summed E-state index contributed by atoms with van der Waals surface area (Å²) in [4.78, 5) is 0. The number of thioether (sulfide) groups is 1. The summed E-state index contributed by atoms with van der Waals surface area (Å²) in [6.07, 6.45) is 6.60. The summed E-state index contributed by atoms with van der Waals surface area (Å²) in [5.74, 6) is 1.04. The molecule has 52 valence electrons. The van der Waals surface area contributed by atoms with E-state index in [0.717, 1.165) is 5.75 Å². The van der Waals surface area contributed by atoms with Crippen LogP contribution in [0.3, 0.4) is 0 Å². The first kappa shape index (κ1) is 11.5. The Kier molecular flexibility index (Phi) is 22.5. The average Bonchev–Trinajstić information content (AvgIpc) is 1.71. The van der Waals surface area contributed by atoms with Crippen molar-refractivity contribution >= 4 is 24.4 Å². The average molecular weight is 152 g/mol. The van der Waals surface area contributed by atoms with Crippen LogP contribution < -0.4 is 0 Å². The van der Waals surface area contributed by atoms with Gasteiger partial charge < -0.3 is 0 Å². The van der Waals surface area contributed by atoms with Gasteiger partial charge in [-0.05, 0) is 24.7 Å². The fourth-order valence-corrected chi connectivity index (χ4v) is 0.474. The van der Waals surface area contributed by atoms with Gasteiger partial charge in [0.05, 0.1) is 0 Å². The predicted octanol–water partition coefficient (Wildman–Crippen LogP) is 2.70. The Balaban J connectivity index is 0. The minimum atomic E-state index is 1.04. The lowest BCUT2D eigenvalue weighted by atomic mass is 10.4. The van der Waals surface area contributed by atoms with E-state index in [4.69, 9.17) is 0 Å². The van der Waals surface area contributed by atoms with Crippen LogP contribution in [0.15, 0.2) is 0 Å². The minimum Gasteiger partial charge on any atom is -0.179 e. The second-order valence-corrected chi connectivity index (χ2v) is 2.75. The lowest BCUT2D eigenvalue weighted by Crippen LogP contribution is -1.65. The van der Waals surface area contributed by atoms with Gasteiger partial charge in [0.15, 0.2) is 0 Å². The molecule has 0 aliphatic heterocycles. The van der Waals surface area contributed by atoms with Crippen molar-refractivity contribution < 1.29 is 0 Å². The molecule has 0 aromatic carbocycles. The van der Waals surface area contributed by atoms with Crippen molar-refractivity contribution in [1.29, 1.82) is 0 Å². The van der Waals surface area contributed by atoms with Crippen molar-refractivity contribution in [2.45, 2.75) is 19.8 Å². The molecular weight excluding hydrogens is 136 g/mol. The lowest BCUT2D eigenvalue weighted by Gasteiger charge is -1.78. The molecule has 0 aliphatic carbocycles. The molecule has 8 heavy (non-hydrogen) atoms. The number of rotatable bonds is 2. The van der Waals surface area contributed by atoms with Crippen molar-refractivity contribution in [3.05, 3.63) is 0 Å². The largest absolute Gasteiger partial charge is 0.179 e. The van der Waals surface area contributed by atoms with Gasteiger partial charge in [0, 0.05) is 0 Å². The third kappa shape index (κ3) is 29.9. The molecule has 0 fully saturated rings. The molecule has 0 aromatic rings. The Morgan fingerprint density at radius 1 is 1.38 bits per heavy atom. The highest BCUT2D eigenvalue weighted by atomic mass is 32.2. The quantitative estimate of drug-likeness (QED) is 0.594. The fraction of sp³-hybridized carbons (Fsp3) is 1.00. The SMILES string of the molecule is CCCCS.CSC. The van der Waals surface area contributed by atoms with E-state index in [1.807, 2.05) is 12.5 Å². The van der Waals surface area contributed by atoms with Crippen LogP contribution in [0.5, 0.6) is 0 Å². The molecule has 2 heteroatoms. The molecule has 0 atom stereocenters. The third-order valence-electron chi connectivity index (χ3n) is 0.512. The predicted molar refractivity (Wildman–Crippen MR) is 48.2 cm³/mol. The second kappa shape index (κ2) is 15.6. The van der Waals surface area contributed by atoms with E-state index in [1.54, 1.807) is 11.8 Å². The van der Waals surface area contributed by atoms with Gasteiger partial charge >= 0.3 is 0 Å². The third-order valence-corrected chi connectivity index (χ3v) is 0.828. The first-order valence-corrected chi connectivity index (χ1v) is 5.11. The molecule has 0 rings (SSSR count). The van der Waals surface area contributed by atoms with E-state index >= 15 is 0 Å². The first-order chi connectivity index (χ1) is 3.83. The van der Waals surface area contributed by atoms with Crippen LogP contribution in [0.2, 0.25) is 0 Å². The smallest absolute Gasteiger partial charge is 0.00980 e. The first-order valence-electron chi connectivity index (χ1n) is 2.84. The van der Waals surface area contributed by atoms with Crippen LogP contribution in [-0.4, -0.2) is 18.3 Å². The Morgan fingerprint density at radius 3 is 1.75 bits per heavy atom. The maximum atomic E-state index is 4.00. The minimum absolute atomic E-state index is 1.04. The highest BCUT2D eigenvalue weighted by Gasteiger charge is 1.68. The van der Waals surface area contributed by atoms with E-state index in [0.29, 0.717) is 0 Å². The molecule has 0 heterocycles. The molecule has 0 unspecified atom stereocenters. The van der Waals surface area contributed by atoms with Gasteiger partial charge in [-0.2, -0.15) is 24.4 Å². The van der Waals surface area contributed by atoms with Crippen LogP contribution in [0.25, 0.3) is 0 Å². The van der Waals surface area contributed by atoms with Crippen LogP contribution in [-0.2, 0) is 0 Å². The normalized spacial score (nSPS) is 7.50. The van der Waals surface area contributed by atoms with Gasteiger partial charge in [0.1, 0.15) is 0 Å². The van der Waals surface area contributed by atoms with Gasteiger partial charge in [0.2, 0.25) is 0 Å². The fourth-order valence-electron chi connectivity index (χ4n) is 0.158. The Hall–Kier alpha value is 0.700. The van der Waals surface area contributed by atoms with Gasteiger partial charge in [0.25, 0.3) is 0 Å². The standard InChI is InChI=1S/C4H10S.C2H6S/c1-2-3-4-5;1-3-2/h5H,2-4H2,1H3;1-2H3. The van der Waals surface area contributed by atoms with Crippen molar-refractivity contribution in [2.75, 3.05) is 18.3 Å². The van der Waals surface area contributed by atoms with Crippen LogP contribution in [0.1, 0.15) is 19.8 Å². The van der Waals surface area contributed by atoms with Crippen molar-refractivity contribution in [1.82, 2.24) is 0 Å². The Morgan fingerprint density at radius 2 is 1.75 bits per heavy atom. The van der Waals surface area contributed by atoms with Crippen LogP contribution >= 0.6 is 24.4 Å². The maximum absolute atomic E-state index is 4.00. The van der Waals surface area contributed by atoms with Gasteiger partial charge in [-0.15, -0.1) is 0 Å². The zero-order valence-electron chi connectivity index (χ0n) is 5.98. The van der Waals surface area contributed by atoms with E-state index in [1.165, 1.54) is 12.8 Å². The molecule has 0 spiro atoms. The van der Waals surface area contributed by atoms with E-state index < -0.39 is 0 Å². The summed E-state index contributed by atoms with van der Waals surface area (Å²) in [5, 5.41) is 0. The maximum Gasteiger partial charge on any atom is -0.00980 e. The number of thiol groups is 1. The van der Waals surface area contributed by atoms with Gasteiger partial charge in [-0.3, -0.25) is 0 Å². The molecule has 0 saturated carbocycles. The van der Waals surface area contributed by atoms with Gasteiger partial charge in [-0.1, -0.05) is 13.3 Å². The summed E-state index contributed by atoms with van der Waals surface area (Å²) in [7, 11) is 0. The molecule has 0 aromatic heterocycles. The molecule has 0 nitrogen and oxygen atoms in total. The lowest BCUT2D eigenvalue weighted by molar-refractivity contribution is 0.899. The summed E-state index contributed by atoms with van der Waals surface area (Å²) >= 11 is 5.75.